The van der Waals surface area contributed by atoms with Gasteiger partial charge in [0.05, 0.1) is 14.2 Å². The molecule has 1 fully saturated rings. The van der Waals surface area contributed by atoms with Crippen LogP contribution in [0.2, 0.25) is 0 Å². The van der Waals surface area contributed by atoms with E-state index < -0.39 is 0 Å². The number of aromatic nitrogens is 4. The Balaban J connectivity index is 1.35. The number of carbonyl (C=O) groups is 1. The first kappa shape index (κ1) is 21.9. The van der Waals surface area contributed by atoms with E-state index in [2.05, 4.69) is 20.6 Å². The molecule has 1 N–H and O–H groups in total. The molecule has 170 valence electrons. The van der Waals surface area contributed by atoms with Gasteiger partial charge in [0.1, 0.15) is 5.82 Å². The topological polar surface area (TPSA) is 93.9 Å². The second-order valence-corrected chi connectivity index (χ2v) is 7.91. The molecule has 0 saturated carbocycles. The van der Waals surface area contributed by atoms with Gasteiger partial charge in [-0.15, -0.1) is 15.3 Å². The highest BCUT2D eigenvalue weighted by Gasteiger charge is 2.17. The quantitative estimate of drug-likeness (QED) is 0.549. The molecular weight excluding hydrogens is 408 g/mol. The first-order chi connectivity index (χ1) is 15.7. The van der Waals surface area contributed by atoms with E-state index in [1.165, 1.54) is 6.42 Å². The molecule has 3 heterocycles. The van der Waals surface area contributed by atoms with Crippen molar-refractivity contribution in [2.24, 2.45) is 0 Å². The zero-order valence-electron chi connectivity index (χ0n) is 18.7. The molecule has 0 spiro atoms. The fourth-order valence-corrected chi connectivity index (χ4v) is 3.97. The number of hydrogen-bond acceptors (Lipinski definition) is 7. The summed E-state index contributed by atoms with van der Waals surface area (Å²) in [4.78, 5) is 14.4. The maximum absolute atomic E-state index is 12.5. The molecule has 4 rings (SSSR count). The molecular formula is C23H30N6O3. The SMILES string of the molecule is COc1ccc(CCNc2ccc3nnc(CCC(=O)N4CCCCC4)n3n2)cc1OC. The fourth-order valence-electron chi connectivity index (χ4n) is 3.97. The van der Waals surface area contributed by atoms with Gasteiger partial charge in [-0.25, -0.2) is 0 Å². The molecule has 1 aliphatic heterocycles. The van der Waals surface area contributed by atoms with E-state index in [9.17, 15) is 4.79 Å². The Bertz CT molecular complexity index is 1060. The normalized spacial score (nSPS) is 13.9. The average molecular weight is 439 g/mol. The van der Waals surface area contributed by atoms with Crippen LogP contribution < -0.4 is 14.8 Å². The molecule has 0 radical (unpaired) electrons. The van der Waals surface area contributed by atoms with Gasteiger partial charge in [-0.1, -0.05) is 6.07 Å². The van der Waals surface area contributed by atoms with Crippen molar-refractivity contribution in [2.75, 3.05) is 39.2 Å². The third-order valence-electron chi connectivity index (χ3n) is 5.77. The minimum Gasteiger partial charge on any atom is -0.493 e. The highest BCUT2D eigenvalue weighted by Crippen LogP contribution is 2.27. The Morgan fingerprint density at radius 2 is 1.81 bits per heavy atom. The standard InChI is InChI=1S/C23H30N6O3/c1-31-18-7-6-17(16-19(18)32-2)12-13-24-20-8-9-21-25-26-22(29(21)27-20)10-11-23(30)28-14-4-3-5-15-28/h6-9,16H,3-5,10-15H2,1-2H3,(H,24,27). The van der Waals surface area contributed by atoms with Gasteiger partial charge in [0.15, 0.2) is 23.0 Å². The monoisotopic (exact) mass is 438 g/mol. The Hall–Kier alpha value is -3.36. The van der Waals surface area contributed by atoms with E-state index in [0.29, 0.717) is 30.9 Å². The highest BCUT2D eigenvalue weighted by molar-refractivity contribution is 5.76. The summed E-state index contributed by atoms with van der Waals surface area (Å²) in [6.07, 6.45) is 5.17. The number of fused-ring (bicyclic) bond motifs is 1. The van der Waals surface area contributed by atoms with Crippen molar-refractivity contribution in [3.63, 3.8) is 0 Å². The van der Waals surface area contributed by atoms with E-state index in [1.807, 2.05) is 35.2 Å². The number of carbonyl (C=O) groups excluding carboxylic acids is 1. The lowest BCUT2D eigenvalue weighted by Gasteiger charge is -2.26. The number of rotatable bonds is 9. The van der Waals surface area contributed by atoms with Crippen LogP contribution in [-0.2, 0) is 17.6 Å². The predicted molar refractivity (Wildman–Crippen MR) is 121 cm³/mol. The summed E-state index contributed by atoms with van der Waals surface area (Å²) >= 11 is 0. The Kier molecular flexibility index (Phi) is 7.03. The number of aryl methyl sites for hydroxylation is 1. The predicted octanol–water partition coefficient (Wildman–Crippen LogP) is 2.74. The van der Waals surface area contributed by atoms with E-state index in [-0.39, 0.29) is 5.91 Å². The molecule has 1 saturated heterocycles. The molecule has 9 nitrogen and oxygen atoms in total. The first-order valence-corrected chi connectivity index (χ1v) is 11.1. The minimum absolute atomic E-state index is 0.186. The molecule has 0 unspecified atom stereocenters. The molecule has 3 aromatic rings. The number of nitrogens with zero attached hydrogens (tertiary/aromatic N) is 5. The van der Waals surface area contributed by atoms with Crippen LogP contribution in [0.3, 0.4) is 0 Å². The number of likely N-dealkylation sites (tertiary alicyclic amines) is 1. The molecule has 2 aromatic heterocycles. The van der Waals surface area contributed by atoms with Crippen molar-refractivity contribution < 1.29 is 14.3 Å². The number of methoxy groups -OCH3 is 2. The van der Waals surface area contributed by atoms with Crippen LogP contribution in [0.25, 0.3) is 5.65 Å². The van der Waals surface area contributed by atoms with E-state index in [0.717, 1.165) is 55.2 Å². The van der Waals surface area contributed by atoms with Gasteiger partial charge >= 0.3 is 0 Å². The van der Waals surface area contributed by atoms with Crippen LogP contribution in [0.5, 0.6) is 11.5 Å². The van der Waals surface area contributed by atoms with Gasteiger partial charge in [-0.2, -0.15) is 4.52 Å². The van der Waals surface area contributed by atoms with Crippen molar-refractivity contribution in [1.82, 2.24) is 24.7 Å². The third-order valence-corrected chi connectivity index (χ3v) is 5.77. The van der Waals surface area contributed by atoms with Gasteiger partial charge < -0.3 is 19.7 Å². The van der Waals surface area contributed by atoms with E-state index in [1.54, 1.807) is 18.7 Å². The third kappa shape index (κ3) is 5.09. The van der Waals surface area contributed by atoms with Crippen LogP contribution in [0.15, 0.2) is 30.3 Å². The number of ether oxygens (including phenoxy) is 2. The van der Waals surface area contributed by atoms with Crippen LogP contribution in [0.1, 0.15) is 37.1 Å². The summed E-state index contributed by atoms with van der Waals surface area (Å²) in [5.74, 6) is 3.06. The van der Waals surface area contributed by atoms with Crippen molar-refractivity contribution in [3.8, 4) is 11.5 Å². The van der Waals surface area contributed by atoms with Crippen LogP contribution in [0, 0.1) is 0 Å². The lowest BCUT2D eigenvalue weighted by molar-refractivity contribution is -0.132. The zero-order valence-corrected chi connectivity index (χ0v) is 18.7. The van der Waals surface area contributed by atoms with Gasteiger partial charge in [0.2, 0.25) is 5.91 Å². The lowest BCUT2D eigenvalue weighted by atomic mass is 10.1. The maximum atomic E-state index is 12.5. The van der Waals surface area contributed by atoms with Gasteiger partial charge in [0, 0.05) is 32.5 Å². The maximum Gasteiger partial charge on any atom is 0.223 e. The molecule has 0 atom stereocenters. The van der Waals surface area contributed by atoms with Crippen LogP contribution in [0.4, 0.5) is 5.82 Å². The second kappa shape index (κ2) is 10.3. The van der Waals surface area contributed by atoms with Gasteiger partial charge in [-0.3, -0.25) is 4.79 Å². The number of amides is 1. The summed E-state index contributed by atoms with van der Waals surface area (Å²) in [6.45, 7) is 2.44. The number of anilines is 1. The average Bonchev–Trinajstić information content (AvgIpc) is 3.25. The molecule has 0 aliphatic carbocycles. The fraction of sp³-hybridized carbons (Fsp3) is 0.478. The van der Waals surface area contributed by atoms with E-state index >= 15 is 0 Å². The summed E-state index contributed by atoms with van der Waals surface area (Å²) in [6, 6.07) is 9.69. The molecule has 1 aliphatic rings. The van der Waals surface area contributed by atoms with Crippen molar-refractivity contribution in [3.05, 3.63) is 41.7 Å². The molecule has 1 amide bonds. The number of piperidine rings is 1. The molecule has 1 aromatic carbocycles. The van der Waals surface area contributed by atoms with Crippen molar-refractivity contribution >= 4 is 17.4 Å². The summed E-state index contributed by atoms with van der Waals surface area (Å²) in [7, 11) is 3.26. The summed E-state index contributed by atoms with van der Waals surface area (Å²) < 4.78 is 12.4. The number of benzene rings is 1. The zero-order chi connectivity index (χ0) is 22.3. The largest absolute Gasteiger partial charge is 0.493 e. The second-order valence-electron chi connectivity index (χ2n) is 7.91. The van der Waals surface area contributed by atoms with Gasteiger partial charge in [-0.05, 0) is 55.5 Å². The Labute approximate surface area is 187 Å². The first-order valence-electron chi connectivity index (χ1n) is 11.1. The van der Waals surface area contributed by atoms with Crippen LogP contribution >= 0.6 is 0 Å². The summed E-state index contributed by atoms with van der Waals surface area (Å²) in [5, 5.41) is 16.4. The van der Waals surface area contributed by atoms with Crippen LogP contribution in [-0.4, -0.2) is 64.5 Å². The minimum atomic E-state index is 0.186. The van der Waals surface area contributed by atoms with Crippen molar-refractivity contribution in [2.45, 2.75) is 38.5 Å². The molecule has 0 bridgehead atoms. The molecule has 32 heavy (non-hydrogen) atoms. The van der Waals surface area contributed by atoms with Crippen molar-refractivity contribution in [1.29, 1.82) is 0 Å². The van der Waals surface area contributed by atoms with E-state index in [4.69, 9.17) is 9.47 Å². The lowest BCUT2D eigenvalue weighted by Crippen LogP contribution is -2.35. The summed E-state index contributed by atoms with van der Waals surface area (Å²) in [5.41, 5.74) is 1.81. The Morgan fingerprint density at radius 1 is 1.00 bits per heavy atom. The number of hydrogen-bond donors (Lipinski definition) is 1. The van der Waals surface area contributed by atoms with Gasteiger partial charge in [0.25, 0.3) is 0 Å². The molecule has 9 heteroatoms. The smallest absolute Gasteiger partial charge is 0.223 e. The highest BCUT2D eigenvalue weighted by atomic mass is 16.5. The Morgan fingerprint density at radius 3 is 2.59 bits per heavy atom. The number of nitrogens with one attached hydrogen (secondary N) is 1.